The van der Waals surface area contributed by atoms with Gasteiger partial charge in [-0.15, -0.1) is 11.3 Å². The fraction of sp³-hybridized carbons (Fsp3) is 0.727. The van der Waals surface area contributed by atoms with Crippen LogP contribution in [-0.2, 0) is 6.54 Å². The molecule has 1 aromatic heterocycles. The van der Waals surface area contributed by atoms with Crippen molar-refractivity contribution < 1.29 is 0 Å². The van der Waals surface area contributed by atoms with Crippen LogP contribution in [0.2, 0.25) is 0 Å². The maximum atomic E-state index is 5.61. The van der Waals surface area contributed by atoms with Gasteiger partial charge < -0.3 is 10.6 Å². The molecule has 0 radical (unpaired) electrons. The SMILES string of the molecule is NCc1cnc(N2CC3CCCC3C2)s1. The van der Waals surface area contributed by atoms with E-state index in [1.807, 2.05) is 6.20 Å². The minimum absolute atomic E-state index is 0.623. The van der Waals surface area contributed by atoms with E-state index < -0.39 is 0 Å². The number of anilines is 1. The zero-order chi connectivity index (χ0) is 10.3. The molecular weight excluding hydrogens is 206 g/mol. The largest absolute Gasteiger partial charge is 0.348 e. The molecule has 1 saturated heterocycles. The Balaban J connectivity index is 1.73. The van der Waals surface area contributed by atoms with Gasteiger partial charge in [-0.25, -0.2) is 4.98 Å². The number of aromatic nitrogens is 1. The van der Waals surface area contributed by atoms with Crippen molar-refractivity contribution in [3.05, 3.63) is 11.1 Å². The number of hydrogen-bond acceptors (Lipinski definition) is 4. The maximum absolute atomic E-state index is 5.61. The van der Waals surface area contributed by atoms with E-state index in [4.69, 9.17) is 5.73 Å². The topological polar surface area (TPSA) is 42.1 Å². The number of rotatable bonds is 2. The fourth-order valence-corrected chi connectivity index (χ4v) is 3.74. The lowest BCUT2D eigenvalue weighted by Crippen LogP contribution is -2.20. The summed E-state index contributed by atoms with van der Waals surface area (Å²) in [5.41, 5.74) is 5.61. The third-order valence-corrected chi connectivity index (χ3v) is 4.82. The second-order valence-electron chi connectivity index (χ2n) is 4.67. The Bertz CT molecular complexity index is 337. The maximum Gasteiger partial charge on any atom is 0.185 e. The monoisotopic (exact) mass is 223 g/mol. The molecule has 3 nitrogen and oxygen atoms in total. The van der Waals surface area contributed by atoms with Gasteiger partial charge in [0.2, 0.25) is 0 Å². The number of nitrogens with two attached hydrogens (primary N) is 1. The minimum Gasteiger partial charge on any atom is -0.348 e. The van der Waals surface area contributed by atoms with Crippen molar-refractivity contribution in [2.45, 2.75) is 25.8 Å². The molecule has 2 fully saturated rings. The first kappa shape index (κ1) is 9.60. The smallest absolute Gasteiger partial charge is 0.185 e. The molecule has 82 valence electrons. The van der Waals surface area contributed by atoms with Crippen LogP contribution in [0.1, 0.15) is 24.1 Å². The third-order valence-electron chi connectivity index (χ3n) is 3.74. The fourth-order valence-electron chi connectivity index (χ4n) is 2.93. The molecular formula is C11H17N3S. The van der Waals surface area contributed by atoms with Gasteiger partial charge in [0.25, 0.3) is 0 Å². The molecule has 2 heterocycles. The predicted octanol–water partition coefficient (Wildman–Crippen LogP) is 1.84. The van der Waals surface area contributed by atoms with Crippen LogP contribution >= 0.6 is 11.3 Å². The van der Waals surface area contributed by atoms with Crippen molar-refractivity contribution >= 4 is 16.5 Å². The standard InChI is InChI=1S/C11H17N3S/c12-4-10-5-13-11(15-10)14-6-8-2-1-3-9(8)7-14/h5,8-9H,1-4,6-7,12H2. The highest BCUT2D eigenvalue weighted by molar-refractivity contribution is 7.15. The predicted molar refractivity (Wildman–Crippen MR) is 63.0 cm³/mol. The van der Waals surface area contributed by atoms with Crippen LogP contribution in [0.4, 0.5) is 5.13 Å². The van der Waals surface area contributed by atoms with Gasteiger partial charge in [0.05, 0.1) is 0 Å². The summed E-state index contributed by atoms with van der Waals surface area (Å²) in [7, 11) is 0. The van der Waals surface area contributed by atoms with Crippen molar-refractivity contribution in [1.29, 1.82) is 0 Å². The van der Waals surface area contributed by atoms with Gasteiger partial charge in [0.1, 0.15) is 0 Å². The summed E-state index contributed by atoms with van der Waals surface area (Å²) in [5.74, 6) is 1.88. The van der Waals surface area contributed by atoms with Crippen molar-refractivity contribution in [2.75, 3.05) is 18.0 Å². The molecule has 4 heteroatoms. The quantitative estimate of drug-likeness (QED) is 0.832. The van der Waals surface area contributed by atoms with Crippen molar-refractivity contribution in [3.63, 3.8) is 0 Å². The number of hydrogen-bond donors (Lipinski definition) is 1. The summed E-state index contributed by atoms with van der Waals surface area (Å²) in [4.78, 5) is 8.11. The first-order valence-electron chi connectivity index (χ1n) is 5.76. The van der Waals surface area contributed by atoms with E-state index >= 15 is 0 Å². The zero-order valence-corrected chi connectivity index (χ0v) is 9.67. The average Bonchev–Trinajstić information content (AvgIpc) is 2.91. The molecule has 1 aliphatic heterocycles. The van der Waals surface area contributed by atoms with Gasteiger partial charge >= 0.3 is 0 Å². The van der Waals surface area contributed by atoms with E-state index in [1.54, 1.807) is 11.3 Å². The van der Waals surface area contributed by atoms with E-state index in [0.717, 1.165) is 11.8 Å². The van der Waals surface area contributed by atoms with Crippen molar-refractivity contribution in [3.8, 4) is 0 Å². The minimum atomic E-state index is 0.623. The lowest BCUT2D eigenvalue weighted by atomic mass is 10.0. The highest BCUT2D eigenvalue weighted by atomic mass is 32.1. The van der Waals surface area contributed by atoms with Gasteiger partial charge in [-0.3, -0.25) is 0 Å². The van der Waals surface area contributed by atoms with Crippen LogP contribution in [0.5, 0.6) is 0 Å². The zero-order valence-electron chi connectivity index (χ0n) is 8.85. The molecule has 3 rings (SSSR count). The lowest BCUT2D eigenvalue weighted by Gasteiger charge is -2.15. The summed E-state index contributed by atoms with van der Waals surface area (Å²) < 4.78 is 0. The van der Waals surface area contributed by atoms with E-state index in [9.17, 15) is 0 Å². The number of thiazole rings is 1. The van der Waals surface area contributed by atoms with Crippen LogP contribution in [0.3, 0.4) is 0 Å². The van der Waals surface area contributed by atoms with Crippen LogP contribution in [0, 0.1) is 11.8 Å². The van der Waals surface area contributed by atoms with Crippen LogP contribution in [0.25, 0.3) is 0 Å². The van der Waals surface area contributed by atoms with Crippen LogP contribution in [0.15, 0.2) is 6.20 Å². The van der Waals surface area contributed by atoms with Crippen LogP contribution in [-0.4, -0.2) is 18.1 Å². The van der Waals surface area contributed by atoms with E-state index in [-0.39, 0.29) is 0 Å². The Morgan fingerprint density at radius 1 is 1.40 bits per heavy atom. The molecule has 2 unspecified atom stereocenters. The Morgan fingerprint density at radius 2 is 2.13 bits per heavy atom. The Morgan fingerprint density at radius 3 is 2.73 bits per heavy atom. The summed E-state index contributed by atoms with van der Waals surface area (Å²) in [6, 6.07) is 0. The van der Waals surface area contributed by atoms with Crippen molar-refractivity contribution in [1.82, 2.24) is 4.98 Å². The summed E-state index contributed by atoms with van der Waals surface area (Å²) in [5, 5.41) is 1.19. The molecule has 2 atom stereocenters. The van der Waals surface area contributed by atoms with Crippen LogP contribution < -0.4 is 10.6 Å². The summed E-state index contributed by atoms with van der Waals surface area (Å²) in [6.45, 7) is 3.07. The van der Waals surface area contributed by atoms with E-state index in [0.29, 0.717) is 6.54 Å². The number of fused-ring (bicyclic) bond motifs is 1. The average molecular weight is 223 g/mol. The van der Waals surface area contributed by atoms with Gasteiger partial charge in [-0.2, -0.15) is 0 Å². The first-order valence-corrected chi connectivity index (χ1v) is 6.58. The second-order valence-corrected chi connectivity index (χ2v) is 5.76. The highest BCUT2D eigenvalue weighted by Gasteiger charge is 2.36. The summed E-state index contributed by atoms with van der Waals surface area (Å²) >= 11 is 1.76. The second kappa shape index (κ2) is 3.76. The Hall–Kier alpha value is -0.610. The van der Waals surface area contributed by atoms with Gasteiger partial charge in [0.15, 0.2) is 5.13 Å². The summed E-state index contributed by atoms with van der Waals surface area (Å²) in [6.07, 6.45) is 6.22. The van der Waals surface area contributed by atoms with Gasteiger partial charge in [-0.05, 0) is 24.7 Å². The molecule has 1 aliphatic carbocycles. The molecule has 0 spiro atoms. The Labute approximate surface area is 94.3 Å². The van der Waals surface area contributed by atoms with E-state index in [2.05, 4.69) is 9.88 Å². The first-order chi connectivity index (χ1) is 7.36. The van der Waals surface area contributed by atoms with Gasteiger partial charge in [-0.1, -0.05) is 6.42 Å². The lowest BCUT2D eigenvalue weighted by molar-refractivity contribution is 0.494. The van der Waals surface area contributed by atoms with Gasteiger partial charge in [0, 0.05) is 30.7 Å². The van der Waals surface area contributed by atoms with Crippen molar-refractivity contribution in [2.24, 2.45) is 17.6 Å². The molecule has 0 amide bonds. The molecule has 1 saturated carbocycles. The molecule has 2 N–H and O–H groups in total. The third kappa shape index (κ3) is 1.66. The molecule has 1 aromatic rings. The molecule has 0 aromatic carbocycles. The number of nitrogens with zero attached hydrogens (tertiary/aromatic N) is 2. The highest BCUT2D eigenvalue weighted by Crippen LogP contribution is 2.40. The Kier molecular flexibility index (Phi) is 2.41. The molecule has 15 heavy (non-hydrogen) atoms. The molecule has 0 bridgehead atoms. The normalized spacial score (nSPS) is 29.8. The molecule has 2 aliphatic rings. The van der Waals surface area contributed by atoms with E-state index in [1.165, 1.54) is 42.4 Å².